The number of nitrogens with one attached hydrogen (secondary N) is 4. The summed E-state index contributed by atoms with van der Waals surface area (Å²) in [5.41, 5.74) is 1.09. The van der Waals surface area contributed by atoms with Crippen molar-refractivity contribution in [2.24, 2.45) is 0 Å². The molecule has 3 rings (SSSR count). The van der Waals surface area contributed by atoms with Crippen LogP contribution in [0.25, 0.3) is 0 Å². The van der Waals surface area contributed by atoms with E-state index in [1.165, 1.54) is 12.1 Å². The van der Waals surface area contributed by atoms with Crippen molar-refractivity contribution >= 4 is 23.0 Å². The molecule has 7 nitrogen and oxygen atoms in total. The number of carbonyl (C=O) groups excluding carboxylic acids is 1. The summed E-state index contributed by atoms with van der Waals surface area (Å²) in [6.45, 7) is 5.89. The lowest BCUT2D eigenvalue weighted by Gasteiger charge is -2.25. The first-order valence-corrected chi connectivity index (χ1v) is 10.5. The summed E-state index contributed by atoms with van der Waals surface area (Å²) in [7, 11) is 0. The lowest BCUT2D eigenvalue weighted by atomic mass is 9.93. The average Bonchev–Trinajstić information content (AvgIpc) is 2.72. The Bertz CT molecular complexity index is 1010. The molecule has 2 aromatic rings. The molecular weight excluding hydrogens is 421 g/mol. The van der Waals surface area contributed by atoms with E-state index in [1.807, 2.05) is 13.8 Å². The van der Waals surface area contributed by atoms with E-state index in [1.54, 1.807) is 13.0 Å². The SMILES string of the molecule is CC(=N)c1nc(C2CCCNC2=O)cc(NCc2cccnc2C(F)(F)F)c1NC(C)C. The van der Waals surface area contributed by atoms with Gasteiger partial charge in [-0.3, -0.25) is 9.78 Å². The maximum atomic E-state index is 13.4. The largest absolute Gasteiger partial charge is 0.433 e. The Morgan fingerprint density at radius 3 is 2.75 bits per heavy atom. The molecule has 0 spiro atoms. The van der Waals surface area contributed by atoms with Gasteiger partial charge in [-0.05, 0) is 45.7 Å². The average molecular weight is 448 g/mol. The summed E-state index contributed by atoms with van der Waals surface area (Å²) < 4.78 is 40.1. The van der Waals surface area contributed by atoms with Crippen molar-refractivity contribution in [1.82, 2.24) is 15.3 Å². The molecule has 0 saturated carbocycles. The summed E-state index contributed by atoms with van der Waals surface area (Å²) in [5, 5.41) is 17.3. The van der Waals surface area contributed by atoms with Crippen molar-refractivity contribution in [3.63, 3.8) is 0 Å². The molecule has 1 aliphatic rings. The summed E-state index contributed by atoms with van der Waals surface area (Å²) in [5.74, 6) is -0.612. The first-order chi connectivity index (χ1) is 15.1. The maximum absolute atomic E-state index is 13.4. The Morgan fingerprint density at radius 2 is 2.12 bits per heavy atom. The van der Waals surface area contributed by atoms with Crippen LogP contribution in [-0.2, 0) is 17.5 Å². The Labute approximate surface area is 184 Å². The number of amides is 1. The molecule has 1 aliphatic heterocycles. The molecule has 0 radical (unpaired) electrons. The third-order valence-electron chi connectivity index (χ3n) is 5.10. The molecule has 4 N–H and O–H groups in total. The lowest BCUT2D eigenvalue weighted by Crippen LogP contribution is -2.35. The predicted octanol–water partition coefficient (Wildman–Crippen LogP) is 4.31. The van der Waals surface area contributed by atoms with Crippen molar-refractivity contribution in [3.8, 4) is 0 Å². The van der Waals surface area contributed by atoms with Gasteiger partial charge in [-0.15, -0.1) is 0 Å². The molecule has 1 amide bonds. The highest BCUT2D eigenvalue weighted by molar-refractivity contribution is 6.02. The topological polar surface area (TPSA) is 103 Å². The van der Waals surface area contributed by atoms with Crippen molar-refractivity contribution < 1.29 is 18.0 Å². The van der Waals surface area contributed by atoms with Crippen molar-refractivity contribution in [2.75, 3.05) is 17.2 Å². The Morgan fingerprint density at radius 1 is 1.38 bits per heavy atom. The van der Waals surface area contributed by atoms with Gasteiger partial charge in [0, 0.05) is 30.9 Å². The van der Waals surface area contributed by atoms with Crippen LogP contribution in [0.15, 0.2) is 24.4 Å². The number of nitrogens with zero attached hydrogens (tertiary/aromatic N) is 2. The molecular formula is C22H27F3N6O. The van der Waals surface area contributed by atoms with Gasteiger partial charge in [0.05, 0.1) is 28.7 Å². The fourth-order valence-corrected chi connectivity index (χ4v) is 3.67. The van der Waals surface area contributed by atoms with E-state index in [-0.39, 0.29) is 29.8 Å². The minimum absolute atomic E-state index is 0.00241. The minimum Gasteiger partial charge on any atom is -0.379 e. The second-order valence-corrected chi connectivity index (χ2v) is 8.09. The van der Waals surface area contributed by atoms with Crippen LogP contribution in [0.1, 0.15) is 62.2 Å². The second kappa shape index (κ2) is 9.54. The molecule has 1 unspecified atom stereocenters. The van der Waals surface area contributed by atoms with Gasteiger partial charge in [0.2, 0.25) is 5.91 Å². The standard InChI is InChI=1S/C22H27F3N6O/c1-12(2)30-19-17(29-11-14-6-4-8-27-20(14)22(23,24)25)10-16(31-18(19)13(3)26)15-7-5-9-28-21(15)32/h4,6,8,10,12,15,26,30H,5,7,9,11H2,1-3H3,(H,28,32)(H,29,31). The quantitative estimate of drug-likeness (QED) is 0.473. The van der Waals surface area contributed by atoms with Crippen LogP contribution < -0.4 is 16.0 Å². The number of piperidine rings is 1. The van der Waals surface area contributed by atoms with Gasteiger partial charge >= 0.3 is 6.18 Å². The number of hydrogen-bond donors (Lipinski definition) is 4. The number of alkyl halides is 3. The number of halogens is 3. The van der Waals surface area contributed by atoms with Crippen molar-refractivity contribution in [2.45, 2.75) is 58.3 Å². The molecule has 0 aliphatic carbocycles. The zero-order valence-electron chi connectivity index (χ0n) is 18.2. The predicted molar refractivity (Wildman–Crippen MR) is 117 cm³/mol. The highest BCUT2D eigenvalue weighted by Gasteiger charge is 2.35. The fraction of sp³-hybridized carbons (Fsp3) is 0.455. The molecule has 0 bridgehead atoms. The van der Waals surface area contributed by atoms with Gasteiger partial charge < -0.3 is 21.4 Å². The smallest absolute Gasteiger partial charge is 0.379 e. The van der Waals surface area contributed by atoms with E-state index >= 15 is 0 Å². The number of aromatic nitrogens is 2. The van der Waals surface area contributed by atoms with E-state index in [0.29, 0.717) is 35.7 Å². The van der Waals surface area contributed by atoms with Gasteiger partial charge in [-0.1, -0.05) is 6.07 Å². The van der Waals surface area contributed by atoms with E-state index in [0.717, 1.165) is 12.6 Å². The monoisotopic (exact) mass is 448 g/mol. The van der Waals surface area contributed by atoms with E-state index in [9.17, 15) is 18.0 Å². The van der Waals surface area contributed by atoms with Gasteiger partial charge in [-0.2, -0.15) is 13.2 Å². The summed E-state index contributed by atoms with van der Waals surface area (Å²) in [6, 6.07) is 4.51. The molecule has 172 valence electrons. The van der Waals surface area contributed by atoms with E-state index in [4.69, 9.17) is 5.41 Å². The fourth-order valence-electron chi connectivity index (χ4n) is 3.67. The Kier molecular flexibility index (Phi) is 7.00. The number of pyridine rings is 2. The van der Waals surface area contributed by atoms with Gasteiger partial charge in [0.15, 0.2) is 0 Å². The van der Waals surface area contributed by atoms with Crippen LogP contribution in [0.4, 0.5) is 24.5 Å². The molecule has 3 heterocycles. The van der Waals surface area contributed by atoms with Crippen molar-refractivity contribution in [1.29, 1.82) is 5.41 Å². The van der Waals surface area contributed by atoms with E-state index < -0.39 is 17.8 Å². The minimum atomic E-state index is -4.57. The summed E-state index contributed by atoms with van der Waals surface area (Å²) in [4.78, 5) is 20.5. The van der Waals surface area contributed by atoms with Crippen LogP contribution >= 0.6 is 0 Å². The summed E-state index contributed by atoms with van der Waals surface area (Å²) in [6.07, 6.45) is -2.04. The van der Waals surface area contributed by atoms with Crippen LogP contribution in [0.2, 0.25) is 0 Å². The highest BCUT2D eigenvalue weighted by Crippen LogP contribution is 2.34. The first kappa shape index (κ1) is 23.5. The lowest BCUT2D eigenvalue weighted by molar-refractivity contribution is -0.141. The van der Waals surface area contributed by atoms with Crippen LogP contribution in [0.3, 0.4) is 0 Å². The number of anilines is 2. The molecule has 0 aromatic carbocycles. The Hall–Kier alpha value is -3.17. The van der Waals surface area contributed by atoms with Crippen LogP contribution in [0, 0.1) is 5.41 Å². The number of hydrogen-bond acceptors (Lipinski definition) is 6. The highest BCUT2D eigenvalue weighted by atomic mass is 19.4. The third-order valence-corrected chi connectivity index (χ3v) is 5.10. The molecule has 1 fully saturated rings. The molecule has 10 heteroatoms. The van der Waals surface area contributed by atoms with Gasteiger partial charge in [0.1, 0.15) is 11.4 Å². The summed E-state index contributed by atoms with van der Waals surface area (Å²) >= 11 is 0. The van der Waals surface area contributed by atoms with Crippen LogP contribution in [0.5, 0.6) is 0 Å². The number of rotatable bonds is 7. The van der Waals surface area contributed by atoms with Crippen LogP contribution in [-0.4, -0.2) is 34.2 Å². The van der Waals surface area contributed by atoms with Crippen molar-refractivity contribution in [3.05, 3.63) is 47.0 Å². The van der Waals surface area contributed by atoms with E-state index in [2.05, 4.69) is 25.9 Å². The maximum Gasteiger partial charge on any atom is 0.433 e. The zero-order chi connectivity index (χ0) is 23.5. The number of carbonyl (C=O) groups is 1. The third kappa shape index (κ3) is 5.35. The first-order valence-electron chi connectivity index (χ1n) is 10.5. The van der Waals surface area contributed by atoms with Gasteiger partial charge in [0.25, 0.3) is 0 Å². The second-order valence-electron chi connectivity index (χ2n) is 8.09. The molecule has 2 aromatic heterocycles. The normalized spacial score (nSPS) is 16.6. The molecule has 1 atom stereocenters. The zero-order valence-corrected chi connectivity index (χ0v) is 18.2. The molecule has 1 saturated heterocycles. The van der Waals surface area contributed by atoms with Gasteiger partial charge in [-0.25, -0.2) is 4.98 Å². The molecule has 32 heavy (non-hydrogen) atoms. The Balaban J connectivity index is 2.04.